The van der Waals surface area contributed by atoms with Crippen LogP contribution in [0.15, 0.2) is 0 Å². The second-order valence-corrected chi connectivity index (χ2v) is 26.5. The summed E-state index contributed by atoms with van der Waals surface area (Å²) in [7, 11) is 0. The Morgan fingerprint density at radius 2 is 0.705 bits per heavy atom. The summed E-state index contributed by atoms with van der Waals surface area (Å²) in [6.45, 7) is 8.85. The van der Waals surface area contributed by atoms with E-state index < -0.39 is 117 Å². The van der Waals surface area contributed by atoms with Gasteiger partial charge in [0, 0.05) is 75.9 Å². The maximum absolute atomic E-state index is 12.7. The Kier molecular flexibility index (Phi) is 45.4. The van der Waals surface area contributed by atoms with Gasteiger partial charge in [-0.15, -0.1) is 0 Å². The van der Waals surface area contributed by atoms with Crippen molar-refractivity contribution < 1.29 is 117 Å². The van der Waals surface area contributed by atoms with E-state index in [0.717, 1.165) is 103 Å². The van der Waals surface area contributed by atoms with Gasteiger partial charge in [0.2, 0.25) is 11.8 Å². The summed E-state index contributed by atoms with van der Waals surface area (Å²) in [5.74, 6) is -2.03. The van der Waals surface area contributed by atoms with E-state index in [0.29, 0.717) is 103 Å². The molecule has 3 saturated heterocycles. The first kappa shape index (κ1) is 85.4. The van der Waals surface area contributed by atoms with Crippen molar-refractivity contribution in [2.45, 2.75) is 294 Å². The smallest absolute Gasteiger partial charge is 0.407 e. The lowest BCUT2D eigenvalue weighted by Gasteiger charge is -2.40. The molecule has 3 rings (SSSR count). The minimum atomic E-state index is -1.20. The van der Waals surface area contributed by atoms with E-state index in [2.05, 4.69) is 22.9 Å². The Bertz CT molecular complexity index is 2080. The molecule has 0 saturated carbocycles. The summed E-state index contributed by atoms with van der Waals surface area (Å²) in [5, 5.41) is 97.6. The molecule has 0 aromatic rings. The number of unbranched alkanes of at least 4 members (excludes halogenated alkanes) is 13. The highest BCUT2D eigenvalue weighted by atomic mass is 16.7. The van der Waals surface area contributed by atoms with Crippen molar-refractivity contribution in [3.63, 3.8) is 0 Å². The highest BCUT2D eigenvalue weighted by molar-refractivity contribution is 5.78. The van der Waals surface area contributed by atoms with Gasteiger partial charge in [-0.25, -0.2) is 4.79 Å². The van der Waals surface area contributed by atoms with E-state index in [1.54, 1.807) is 20.8 Å². The summed E-state index contributed by atoms with van der Waals surface area (Å²) in [5.41, 5.74) is -0.250. The molecule has 27 nitrogen and oxygen atoms in total. The third kappa shape index (κ3) is 35.7. The van der Waals surface area contributed by atoms with Gasteiger partial charge in [0.05, 0.1) is 77.8 Å². The number of aliphatic hydroxyl groups excluding tert-OH is 9. The Balaban J connectivity index is 1.26. The summed E-state index contributed by atoms with van der Waals surface area (Å²) in [6, 6.07) is 0. The number of esters is 2. The van der Waals surface area contributed by atoms with Gasteiger partial charge in [-0.2, -0.15) is 0 Å². The molecule has 0 aromatic carbocycles. The lowest BCUT2D eigenvalue weighted by Crippen LogP contribution is -2.55. The number of alkyl carbamates (subject to hydrolysis) is 1. The van der Waals surface area contributed by atoms with Crippen molar-refractivity contribution in [2.24, 2.45) is 23.2 Å². The first-order chi connectivity index (χ1) is 45.6. The molecule has 12 N–H and O–H groups in total. The minimum Gasteiger partial charge on any atom is -0.466 e. The van der Waals surface area contributed by atoms with Crippen LogP contribution < -0.4 is 16.0 Å². The zero-order chi connectivity index (χ0) is 69.8. The SMILES string of the molecule is CC1C(OCCCC(=O)CCCCCCCNC(=O)OCCC(C)(CCCCOC(=O)CCCCCCCNC(=O)CCCOC2OC(CO)C(O)C(O)C2C)CCCOC(=O)CCCCCCCNC(=O)CCCOC2OC(CO)C(O)C(O)C2C)OC(CO)C(O)C1O. The second kappa shape index (κ2) is 50.5. The molecule has 16 atom stereocenters. The number of carbonyl (C=O) groups excluding carboxylic acids is 6. The maximum Gasteiger partial charge on any atom is 0.407 e. The lowest BCUT2D eigenvalue weighted by molar-refractivity contribution is -0.282. The highest BCUT2D eigenvalue weighted by Crippen LogP contribution is 2.35. The standard InChI is InChI=1S/C68H123N3O24/c1-47-58(80)61(83)51(44-72)93-64(47)89-39-22-27-50(75)26-14-8-5-13-20-37-71-67(86)92-43-34-68(4,33-25-42-88-57(79)31-16-10-7-12-19-36-70-55(77)29-24-41-91-66-49(3)60(82)63(85)53(46-74)95-66)32-17-21-38-87-56(78)30-15-9-6-11-18-35-69-54(76)28-23-40-90-65-48(2)59(81)62(84)52(45-73)94-65/h47-49,51-53,58-66,72-74,80-85H,5-46H2,1-4H3,(H,69,76)(H,70,77)(H,71,86). The molecule has 27 heteroatoms. The van der Waals surface area contributed by atoms with Gasteiger partial charge >= 0.3 is 18.0 Å². The number of hydrogen-bond donors (Lipinski definition) is 12. The topological polar surface area (TPSA) is 404 Å². The molecule has 0 aromatic heterocycles. The van der Waals surface area contributed by atoms with Gasteiger partial charge in [-0.1, -0.05) is 85.5 Å². The van der Waals surface area contributed by atoms with Crippen LogP contribution in [0, 0.1) is 23.2 Å². The van der Waals surface area contributed by atoms with Gasteiger partial charge in [0.25, 0.3) is 0 Å². The normalized spacial score (nSPS) is 26.7. The van der Waals surface area contributed by atoms with Crippen LogP contribution in [0.1, 0.15) is 220 Å². The van der Waals surface area contributed by atoms with Crippen LogP contribution >= 0.6 is 0 Å². The number of aliphatic hydroxyl groups is 9. The van der Waals surface area contributed by atoms with Crippen LogP contribution in [0.3, 0.4) is 0 Å². The number of amides is 3. The Hall–Kier alpha value is -3.78. The fourth-order valence-electron chi connectivity index (χ4n) is 11.8. The summed E-state index contributed by atoms with van der Waals surface area (Å²) in [6.07, 6.45) is 7.51. The quantitative estimate of drug-likeness (QED) is 0.0225. The van der Waals surface area contributed by atoms with Crippen molar-refractivity contribution in [3.05, 3.63) is 0 Å². The van der Waals surface area contributed by atoms with E-state index in [1.807, 2.05) is 0 Å². The van der Waals surface area contributed by atoms with Crippen molar-refractivity contribution in [2.75, 3.05) is 79.1 Å². The van der Waals surface area contributed by atoms with Gasteiger partial charge in [0.1, 0.15) is 42.4 Å². The molecule has 0 bridgehead atoms. The van der Waals surface area contributed by atoms with Crippen molar-refractivity contribution in [1.82, 2.24) is 16.0 Å². The van der Waals surface area contributed by atoms with Crippen LogP contribution in [0.25, 0.3) is 0 Å². The number of nitrogens with one attached hydrogen (secondary N) is 3. The predicted molar refractivity (Wildman–Crippen MR) is 348 cm³/mol. The van der Waals surface area contributed by atoms with Gasteiger partial charge < -0.3 is 105 Å². The number of rotatable bonds is 54. The first-order valence-corrected chi connectivity index (χ1v) is 35.6. The van der Waals surface area contributed by atoms with E-state index in [-0.39, 0.29) is 80.8 Å². The Morgan fingerprint density at radius 3 is 1.13 bits per heavy atom. The molecule has 3 heterocycles. The maximum atomic E-state index is 12.7. The number of hydrogen-bond acceptors (Lipinski definition) is 24. The van der Waals surface area contributed by atoms with Gasteiger partial charge in [-0.3, -0.25) is 24.0 Å². The number of carbonyl (C=O) groups is 6. The molecule has 0 aliphatic carbocycles. The molecular weight excluding hydrogens is 1240 g/mol. The zero-order valence-electron chi connectivity index (χ0n) is 57.5. The first-order valence-electron chi connectivity index (χ1n) is 35.6. The van der Waals surface area contributed by atoms with Crippen molar-refractivity contribution in [3.8, 4) is 0 Å². The average molecular weight is 1370 g/mol. The van der Waals surface area contributed by atoms with Crippen LogP contribution in [0.5, 0.6) is 0 Å². The average Bonchev–Trinajstić information content (AvgIpc) is 0.978. The summed E-state index contributed by atoms with van der Waals surface area (Å²) >= 11 is 0. The largest absolute Gasteiger partial charge is 0.466 e. The molecule has 3 aliphatic heterocycles. The molecule has 0 spiro atoms. The van der Waals surface area contributed by atoms with Crippen molar-refractivity contribution in [1.29, 1.82) is 0 Å². The lowest BCUT2D eigenvalue weighted by atomic mass is 9.78. The fraction of sp³-hybridized carbons (Fsp3) is 0.912. The van der Waals surface area contributed by atoms with Crippen LogP contribution in [-0.2, 0) is 66.6 Å². The van der Waals surface area contributed by atoms with E-state index >= 15 is 0 Å². The molecular formula is C68H123N3O24. The molecule has 95 heavy (non-hydrogen) atoms. The zero-order valence-corrected chi connectivity index (χ0v) is 57.5. The Morgan fingerprint density at radius 1 is 0.358 bits per heavy atom. The van der Waals surface area contributed by atoms with Crippen LogP contribution in [0.2, 0.25) is 0 Å². The Labute approximate surface area is 563 Å². The van der Waals surface area contributed by atoms with Crippen molar-refractivity contribution >= 4 is 35.6 Å². The molecule has 554 valence electrons. The molecule has 3 fully saturated rings. The van der Waals surface area contributed by atoms with Gasteiger partial charge in [-0.05, 0) is 102 Å². The number of Topliss-reactive ketones (excluding diaryl/α,β-unsaturated/α-hetero) is 1. The number of ketones is 1. The molecule has 3 aliphatic rings. The van der Waals surface area contributed by atoms with E-state index in [4.69, 9.17) is 42.6 Å². The third-order valence-electron chi connectivity index (χ3n) is 18.3. The van der Waals surface area contributed by atoms with Crippen LogP contribution in [-0.4, -0.2) is 234 Å². The molecule has 16 unspecified atom stereocenters. The summed E-state index contributed by atoms with van der Waals surface area (Å²) in [4.78, 5) is 75.1. The monoisotopic (exact) mass is 1370 g/mol. The molecule has 3 amide bonds. The highest BCUT2D eigenvalue weighted by Gasteiger charge is 2.45. The summed E-state index contributed by atoms with van der Waals surface area (Å²) < 4.78 is 50.6. The predicted octanol–water partition coefficient (Wildman–Crippen LogP) is 4.58. The third-order valence-corrected chi connectivity index (χ3v) is 18.3. The van der Waals surface area contributed by atoms with Gasteiger partial charge in [0.15, 0.2) is 18.9 Å². The van der Waals surface area contributed by atoms with E-state index in [9.17, 15) is 74.7 Å². The van der Waals surface area contributed by atoms with Crippen LogP contribution in [0.4, 0.5) is 4.79 Å². The minimum absolute atomic E-state index is 0.0960. The number of ether oxygens (including phenoxy) is 9. The second-order valence-electron chi connectivity index (χ2n) is 26.5. The molecule has 0 radical (unpaired) electrons. The fourth-order valence-corrected chi connectivity index (χ4v) is 11.8. The van der Waals surface area contributed by atoms with E-state index in [1.165, 1.54) is 0 Å².